The molecule has 1 heterocycles. The van der Waals surface area contributed by atoms with Gasteiger partial charge in [0.05, 0.1) is 23.4 Å². The molecule has 0 spiro atoms. The molecule has 4 rings (SSSR count). The molecule has 0 aromatic heterocycles. The van der Waals surface area contributed by atoms with Gasteiger partial charge in [0.15, 0.2) is 5.96 Å². The third-order valence-electron chi connectivity index (χ3n) is 5.06. The number of aliphatic imine (C=N–C) groups is 1. The predicted molar refractivity (Wildman–Crippen MR) is 121 cm³/mol. The molecule has 6 nitrogen and oxygen atoms in total. The fourth-order valence-corrected chi connectivity index (χ4v) is 3.32. The first-order valence-corrected chi connectivity index (χ1v) is 10.4. The van der Waals surface area contributed by atoms with Gasteiger partial charge in [-0.1, -0.05) is 0 Å². The molecule has 3 aromatic rings. The number of benzene rings is 3. The molecule has 0 unspecified atom stereocenters. The molecule has 1 aliphatic rings. The lowest BCUT2D eigenvalue weighted by atomic mass is 10.1. The number of nitrogens with one attached hydrogen (secondary N) is 3. The van der Waals surface area contributed by atoms with E-state index in [1.165, 1.54) is 24.3 Å². The van der Waals surface area contributed by atoms with Crippen LogP contribution >= 0.6 is 0 Å². The van der Waals surface area contributed by atoms with Crippen molar-refractivity contribution in [3.63, 3.8) is 0 Å². The lowest BCUT2D eigenvalue weighted by molar-refractivity contribution is -0.137. The van der Waals surface area contributed by atoms with Gasteiger partial charge in [-0.25, -0.2) is 8.78 Å². The fourth-order valence-electron chi connectivity index (χ4n) is 3.32. The molecule has 0 atom stereocenters. The van der Waals surface area contributed by atoms with Crippen LogP contribution in [-0.4, -0.2) is 25.0 Å². The third-order valence-corrected chi connectivity index (χ3v) is 5.06. The second-order valence-electron chi connectivity index (χ2n) is 7.65. The van der Waals surface area contributed by atoms with E-state index in [9.17, 15) is 26.7 Å². The Hall–Kier alpha value is -4.15. The van der Waals surface area contributed by atoms with E-state index in [4.69, 9.17) is 4.74 Å². The Morgan fingerprint density at radius 3 is 2.49 bits per heavy atom. The van der Waals surface area contributed by atoms with Crippen molar-refractivity contribution in [2.45, 2.75) is 13.1 Å². The highest BCUT2D eigenvalue weighted by Gasteiger charge is 2.32. The van der Waals surface area contributed by atoms with Crippen LogP contribution in [0.15, 0.2) is 59.6 Å². The first kappa shape index (κ1) is 24.0. The molecule has 0 fully saturated rings. The zero-order valence-electron chi connectivity index (χ0n) is 18.3. The zero-order valence-corrected chi connectivity index (χ0v) is 18.3. The molecule has 0 saturated carbocycles. The third kappa shape index (κ3) is 5.68. The SMILES string of the molecule is Cc1cc(F)ccc1Oc1ccc(C(F)(F)F)cc1C(=O)Nc1ccc(F)c(NC2=NCCN2)c1. The molecule has 0 bridgehead atoms. The Morgan fingerprint density at radius 2 is 1.80 bits per heavy atom. The quantitative estimate of drug-likeness (QED) is 0.401. The van der Waals surface area contributed by atoms with Crippen molar-refractivity contribution < 1.29 is 31.5 Å². The van der Waals surface area contributed by atoms with Crippen LogP contribution in [0.5, 0.6) is 11.5 Å². The summed E-state index contributed by atoms with van der Waals surface area (Å²) in [6.45, 7) is 2.66. The van der Waals surface area contributed by atoms with Crippen LogP contribution in [0, 0.1) is 18.6 Å². The van der Waals surface area contributed by atoms with Crippen molar-refractivity contribution in [2.24, 2.45) is 4.99 Å². The van der Waals surface area contributed by atoms with Gasteiger partial charge in [-0.3, -0.25) is 9.79 Å². The van der Waals surface area contributed by atoms with E-state index in [0.29, 0.717) is 30.7 Å². The first-order chi connectivity index (χ1) is 16.6. The number of anilines is 2. The summed E-state index contributed by atoms with van der Waals surface area (Å²) >= 11 is 0. The summed E-state index contributed by atoms with van der Waals surface area (Å²) in [5.41, 5.74) is -0.951. The number of rotatable bonds is 5. The van der Waals surface area contributed by atoms with Gasteiger partial charge >= 0.3 is 6.18 Å². The van der Waals surface area contributed by atoms with Crippen LogP contribution in [0.1, 0.15) is 21.5 Å². The minimum atomic E-state index is -4.71. The normalized spacial score (nSPS) is 13.1. The smallest absolute Gasteiger partial charge is 0.416 e. The minimum absolute atomic E-state index is 0.0124. The number of hydrogen-bond acceptors (Lipinski definition) is 5. The maximum absolute atomic E-state index is 14.2. The standard InChI is InChI=1S/C24H19F5N4O2/c1-13-10-15(25)3-7-20(13)35-21-6-2-14(24(27,28)29)11-17(21)22(34)32-16-4-5-18(26)19(12-16)33-23-30-8-9-31-23/h2-7,10-12H,8-9H2,1H3,(H,32,34)(H2,30,31,33). The highest BCUT2D eigenvalue weighted by molar-refractivity contribution is 6.07. The lowest BCUT2D eigenvalue weighted by Gasteiger charge is -2.16. The van der Waals surface area contributed by atoms with Gasteiger partial charge in [-0.2, -0.15) is 13.2 Å². The summed E-state index contributed by atoms with van der Waals surface area (Å²) in [6.07, 6.45) is -4.71. The number of hydrogen-bond donors (Lipinski definition) is 3. The number of guanidine groups is 1. The van der Waals surface area contributed by atoms with Gasteiger partial charge in [0, 0.05) is 12.2 Å². The van der Waals surface area contributed by atoms with Gasteiger partial charge in [-0.15, -0.1) is 0 Å². The number of aryl methyl sites for hydroxylation is 1. The second-order valence-corrected chi connectivity index (χ2v) is 7.65. The van der Waals surface area contributed by atoms with E-state index in [0.717, 1.165) is 24.3 Å². The highest BCUT2D eigenvalue weighted by atomic mass is 19.4. The van der Waals surface area contributed by atoms with Crippen LogP contribution in [0.2, 0.25) is 0 Å². The fraction of sp³-hybridized carbons (Fsp3) is 0.167. The van der Waals surface area contributed by atoms with Crippen molar-refractivity contribution in [3.8, 4) is 11.5 Å². The zero-order chi connectivity index (χ0) is 25.2. The second kappa shape index (κ2) is 9.61. The summed E-state index contributed by atoms with van der Waals surface area (Å²) in [4.78, 5) is 17.1. The molecule has 0 aliphatic carbocycles. The summed E-state index contributed by atoms with van der Waals surface area (Å²) in [6, 6.07) is 9.72. The molecule has 3 aromatic carbocycles. The Morgan fingerprint density at radius 1 is 1.03 bits per heavy atom. The summed E-state index contributed by atoms with van der Waals surface area (Å²) < 4.78 is 73.3. The Kier molecular flexibility index (Phi) is 6.59. The van der Waals surface area contributed by atoms with Gasteiger partial charge < -0.3 is 20.7 Å². The average molecular weight is 490 g/mol. The van der Waals surface area contributed by atoms with Gasteiger partial charge in [0.25, 0.3) is 5.91 Å². The molecule has 0 saturated heterocycles. The van der Waals surface area contributed by atoms with Crippen molar-refractivity contribution in [1.82, 2.24) is 5.32 Å². The van der Waals surface area contributed by atoms with E-state index >= 15 is 0 Å². The molecule has 35 heavy (non-hydrogen) atoms. The number of carbonyl (C=O) groups is 1. The van der Waals surface area contributed by atoms with Crippen molar-refractivity contribution >= 4 is 23.2 Å². The topological polar surface area (TPSA) is 74.8 Å². The summed E-state index contributed by atoms with van der Waals surface area (Å²) in [5, 5.41) is 8.14. The molecule has 182 valence electrons. The van der Waals surface area contributed by atoms with E-state index in [2.05, 4.69) is 20.9 Å². The Bertz CT molecular complexity index is 1310. The van der Waals surface area contributed by atoms with E-state index in [1.807, 2.05) is 0 Å². The van der Waals surface area contributed by atoms with Crippen molar-refractivity contribution in [2.75, 3.05) is 23.7 Å². The van der Waals surface area contributed by atoms with Gasteiger partial charge in [-0.05, 0) is 67.1 Å². The molecule has 1 aliphatic heterocycles. The lowest BCUT2D eigenvalue weighted by Crippen LogP contribution is -2.26. The molecule has 11 heteroatoms. The Balaban J connectivity index is 1.64. The van der Waals surface area contributed by atoms with Crippen LogP contribution in [-0.2, 0) is 6.18 Å². The minimum Gasteiger partial charge on any atom is -0.456 e. The first-order valence-electron chi connectivity index (χ1n) is 10.4. The largest absolute Gasteiger partial charge is 0.456 e. The van der Waals surface area contributed by atoms with Crippen LogP contribution in [0.25, 0.3) is 0 Å². The molecule has 1 amide bonds. The van der Waals surface area contributed by atoms with E-state index < -0.39 is 34.8 Å². The highest BCUT2D eigenvalue weighted by Crippen LogP contribution is 2.35. The number of nitrogens with zero attached hydrogens (tertiary/aromatic N) is 1. The van der Waals surface area contributed by atoms with Crippen LogP contribution in [0.3, 0.4) is 0 Å². The monoisotopic (exact) mass is 490 g/mol. The van der Waals surface area contributed by atoms with Crippen LogP contribution < -0.4 is 20.7 Å². The molecular weight excluding hydrogens is 471 g/mol. The van der Waals surface area contributed by atoms with E-state index in [1.54, 1.807) is 6.92 Å². The number of alkyl halides is 3. The predicted octanol–water partition coefficient (Wildman–Crippen LogP) is 5.71. The van der Waals surface area contributed by atoms with Crippen molar-refractivity contribution in [1.29, 1.82) is 0 Å². The summed E-state index contributed by atoms with van der Waals surface area (Å²) in [7, 11) is 0. The molecule has 3 N–H and O–H groups in total. The Labute approximate surface area is 196 Å². The average Bonchev–Trinajstić information content (AvgIpc) is 3.30. The number of halogens is 5. The maximum Gasteiger partial charge on any atom is 0.416 e. The van der Waals surface area contributed by atoms with Gasteiger partial charge in [0.1, 0.15) is 23.1 Å². The number of carbonyl (C=O) groups excluding carboxylic acids is 1. The van der Waals surface area contributed by atoms with Gasteiger partial charge in [0.2, 0.25) is 0 Å². The van der Waals surface area contributed by atoms with Crippen molar-refractivity contribution in [3.05, 3.63) is 82.9 Å². The maximum atomic E-state index is 14.2. The number of amides is 1. The number of ether oxygens (including phenoxy) is 1. The molecule has 0 radical (unpaired) electrons. The van der Waals surface area contributed by atoms with Crippen LogP contribution in [0.4, 0.5) is 33.3 Å². The molecular formula is C24H19F5N4O2. The van der Waals surface area contributed by atoms with E-state index in [-0.39, 0.29) is 22.9 Å². The summed E-state index contributed by atoms with van der Waals surface area (Å²) in [5.74, 6) is -1.70.